The second-order valence-corrected chi connectivity index (χ2v) is 8.04. The van der Waals surface area contributed by atoms with E-state index in [1.165, 1.54) is 0 Å². The van der Waals surface area contributed by atoms with Crippen molar-refractivity contribution in [2.75, 3.05) is 6.61 Å². The Hall–Kier alpha value is -2.61. The van der Waals surface area contributed by atoms with E-state index < -0.39 is 30.8 Å². The lowest BCUT2D eigenvalue weighted by atomic mass is 9.98. The fourth-order valence-corrected chi connectivity index (χ4v) is 3.81. The molecule has 1 aliphatic heterocycles. The van der Waals surface area contributed by atoms with Gasteiger partial charge in [0.1, 0.15) is 24.4 Å². The zero-order valence-corrected chi connectivity index (χ0v) is 18.3. The lowest BCUT2D eigenvalue weighted by molar-refractivity contribution is -0.288. The Balaban J connectivity index is 1.46. The molecule has 1 fully saturated rings. The Bertz CT molecular complexity index is 941. The van der Waals surface area contributed by atoms with Gasteiger partial charge in [-0.25, -0.2) is 4.39 Å². The van der Waals surface area contributed by atoms with Gasteiger partial charge in [0, 0.05) is 0 Å². The first-order chi connectivity index (χ1) is 16.2. The Morgan fingerprint density at radius 3 is 1.64 bits per heavy atom. The van der Waals surface area contributed by atoms with Gasteiger partial charge in [0.25, 0.3) is 0 Å². The maximum atomic E-state index is 14.6. The Morgan fingerprint density at radius 2 is 1.12 bits per heavy atom. The predicted octanol–water partition coefficient (Wildman–Crippen LogP) is 4.43. The minimum atomic E-state index is -1.90. The zero-order valence-electron chi connectivity index (χ0n) is 18.3. The van der Waals surface area contributed by atoms with Crippen LogP contribution in [0.15, 0.2) is 91.0 Å². The third kappa shape index (κ3) is 6.69. The summed E-state index contributed by atoms with van der Waals surface area (Å²) in [6, 6.07) is 28.9. The molecular formula is C27H29FO5. The van der Waals surface area contributed by atoms with Gasteiger partial charge in [-0.05, 0) is 16.7 Å². The number of alkyl halides is 1. The highest BCUT2D eigenvalue weighted by atomic mass is 19.1. The monoisotopic (exact) mass is 452 g/mol. The minimum absolute atomic E-state index is 0.104. The minimum Gasteiger partial charge on any atom is -0.385 e. The van der Waals surface area contributed by atoms with Crippen molar-refractivity contribution in [3.05, 3.63) is 108 Å². The van der Waals surface area contributed by atoms with Crippen LogP contribution in [-0.4, -0.2) is 42.5 Å². The number of aliphatic hydroxyl groups excluding tert-OH is 1. The van der Waals surface area contributed by atoms with Crippen LogP contribution in [-0.2, 0) is 38.8 Å². The Labute approximate surface area is 193 Å². The maximum absolute atomic E-state index is 14.6. The van der Waals surface area contributed by atoms with Crippen molar-refractivity contribution in [1.29, 1.82) is 0 Å². The van der Waals surface area contributed by atoms with E-state index in [0.29, 0.717) is 6.61 Å². The van der Waals surface area contributed by atoms with E-state index in [-0.39, 0.29) is 19.8 Å². The quantitative estimate of drug-likeness (QED) is 0.493. The fraction of sp³-hybridized carbons (Fsp3) is 0.333. The van der Waals surface area contributed by atoms with Crippen molar-refractivity contribution in [1.82, 2.24) is 0 Å². The van der Waals surface area contributed by atoms with E-state index in [2.05, 4.69) is 0 Å². The molecule has 0 amide bonds. The number of aliphatic hydroxyl groups is 1. The molecule has 0 unspecified atom stereocenters. The van der Waals surface area contributed by atoms with E-state index in [1.807, 2.05) is 91.0 Å². The summed E-state index contributed by atoms with van der Waals surface area (Å²) < 4.78 is 38.1. The number of hydrogen-bond donors (Lipinski definition) is 1. The lowest BCUT2D eigenvalue weighted by Gasteiger charge is -2.42. The molecule has 4 rings (SSSR count). The van der Waals surface area contributed by atoms with Crippen molar-refractivity contribution >= 4 is 0 Å². The average Bonchev–Trinajstić information content (AvgIpc) is 2.86. The molecule has 174 valence electrons. The van der Waals surface area contributed by atoms with E-state index in [9.17, 15) is 9.50 Å². The summed E-state index contributed by atoms with van der Waals surface area (Å²) in [5.41, 5.74) is 2.88. The molecule has 6 heteroatoms. The second-order valence-electron chi connectivity index (χ2n) is 8.04. The third-order valence-electron chi connectivity index (χ3n) is 5.56. The van der Waals surface area contributed by atoms with Crippen LogP contribution in [0.2, 0.25) is 0 Å². The van der Waals surface area contributed by atoms with Gasteiger partial charge in [-0.1, -0.05) is 91.0 Å². The molecule has 0 aliphatic carbocycles. The number of ether oxygens (including phenoxy) is 4. The topological polar surface area (TPSA) is 57.2 Å². The molecule has 3 aromatic carbocycles. The molecule has 0 spiro atoms. The van der Waals surface area contributed by atoms with Crippen LogP contribution in [0.4, 0.5) is 4.39 Å². The summed E-state index contributed by atoms with van der Waals surface area (Å²) in [4.78, 5) is 0. The second kappa shape index (κ2) is 12.0. The van der Waals surface area contributed by atoms with E-state index in [1.54, 1.807) is 0 Å². The van der Waals surface area contributed by atoms with Gasteiger partial charge in [0.2, 0.25) is 6.36 Å². The van der Waals surface area contributed by atoms with Crippen molar-refractivity contribution in [2.24, 2.45) is 0 Å². The molecule has 1 aliphatic rings. The van der Waals surface area contributed by atoms with E-state index in [4.69, 9.17) is 18.9 Å². The molecule has 0 saturated carbocycles. The summed E-state index contributed by atoms with van der Waals surface area (Å²) in [7, 11) is 0. The van der Waals surface area contributed by atoms with Crippen molar-refractivity contribution in [3.8, 4) is 0 Å². The molecule has 5 nitrogen and oxygen atoms in total. The molecule has 5 atom stereocenters. The van der Waals surface area contributed by atoms with Crippen LogP contribution in [0.1, 0.15) is 16.7 Å². The molecule has 1 N–H and O–H groups in total. The highest BCUT2D eigenvalue weighted by Gasteiger charge is 2.47. The van der Waals surface area contributed by atoms with Gasteiger partial charge >= 0.3 is 0 Å². The molecule has 0 aromatic heterocycles. The van der Waals surface area contributed by atoms with E-state index in [0.717, 1.165) is 16.7 Å². The summed E-state index contributed by atoms with van der Waals surface area (Å²) in [6.45, 7) is 0.963. The maximum Gasteiger partial charge on any atom is 0.228 e. The highest BCUT2D eigenvalue weighted by Crippen LogP contribution is 2.29. The summed E-state index contributed by atoms with van der Waals surface area (Å²) >= 11 is 0. The first-order valence-corrected chi connectivity index (χ1v) is 11.1. The van der Waals surface area contributed by atoms with Gasteiger partial charge in [-0.15, -0.1) is 0 Å². The SMILES string of the molecule is O[C@@H]1[C@@H](OCc2ccccc2)[C@@H](OCc2ccccc2)[C@@H](COCc2ccccc2)O[C@H]1F. The standard InChI is InChI=1S/C27H29FO5/c28-27-24(29)26(32-18-22-14-8-3-9-15-22)25(31-17-21-12-6-2-7-13-21)23(33-27)19-30-16-20-10-4-1-5-11-20/h1-15,23-27,29H,16-19H2/t23-,24-,25+,26-,27-/m1/s1. The average molecular weight is 453 g/mol. The van der Waals surface area contributed by atoms with Gasteiger partial charge in [0.15, 0.2) is 0 Å². The smallest absolute Gasteiger partial charge is 0.228 e. The van der Waals surface area contributed by atoms with E-state index >= 15 is 0 Å². The van der Waals surface area contributed by atoms with Crippen LogP contribution in [0, 0.1) is 0 Å². The Morgan fingerprint density at radius 1 is 0.667 bits per heavy atom. The molecule has 1 heterocycles. The first kappa shape index (κ1) is 23.5. The number of rotatable bonds is 10. The number of benzene rings is 3. The number of hydrogen-bond acceptors (Lipinski definition) is 5. The third-order valence-corrected chi connectivity index (χ3v) is 5.56. The normalized spacial score (nSPS) is 25.1. The van der Waals surface area contributed by atoms with Gasteiger partial charge in [-0.2, -0.15) is 0 Å². The van der Waals surface area contributed by atoms with Crippen molar-refractivity contribution in [2.45, 2.75) is 50.6 Å². The largest absolute Gasteiger partial charge is 0.385 e. The molecule has 3 aromatic rings. The van der Waals surface area contributed by atoms with Crippen molar-refractivity contribution in [3.63, 3.8) is 0 Å². The first-order valence-electron chi connectivity index (χ1n) is 11.1. The Kier molecular flexibility index (Phi) is 8.58. The van der Waals surface area contributed by atoms with Crippen molar-refractivity contribution < 1.29 is 28.4 Å². The molecule has 33 heavy (non-hydrogen) atoms. The van der Waals surface area contributed by atoms with Gasteiger partial charge in [0.05, 0.1) is 26.4 Å². The molecule has 0 radical (unpaired) electrons. The predicted molar refractivity (Wildman–Crippen MR) is 122 cm³/mol. The summed E-state index contributed by atoms with van der Waals surface area (Å²) in [5.74, 6) is 0. The van der Waals surface area contributed by atoms with Crippen LogP contribution in [0.25, 0.3) is 0 Å². The fourth-order valence-electron chi connectivity index (χ4n) is 3.81. The van der Waals surface area contributed by atoms with Crippen LogP contribution in [0.5, 0.6) is 0 Å². The van der Waals surface area contributed by atoms with Gasteiger partial charge < -0.3 is 24.1 Å². The molecular weight excluding hydrogens is 423 g/mol. The highest BCUT2D eigenvalue weighted by molar-refractivity contribution is 5.15. The van der Waals surface area contributed by atoms with Gasteiger partial charge in [-0.3, -0.25) is 0 Å². The van der Waals surface area contributed by atoms with Crippen LogP contribution >= 0.6 is 0 Å². The molecule has 1 saturated heterocycles. The van der Waals surface area contributed by atoms with Crippen LogP contribution < -0.4 is 0 Å². The zero-order chi connectivity index (χ0) is 22.9. The summed E-state index contributed by atoms with van der Waals surface area (Å²) in [6.07, 6.45) is -5.74. The lowest BCUT2D eigenvalue weighted by Crippen LogP contribution is -2.59. The van der Waals surface area contributed by atoms with Crippen LogP contribution in [0.3, 0.4) is 0 Å². The molecule has 0 bridgehead atoms. The summed E-state index contributed by atoms with van der Waals surface area (Å²) in [5, 5.41) is 10.6. The number of halogens is 1.